The number of ether oxygens (including phenoxy) is 1. The molecule has 1 atom stereocenters. The molecular weight excluding hydrogens is 234 g/mol. The van der Waals surface area contributed by atoms with E-state index in [9.17, 15) is 0 Å². The number of hydrogen-bond acceptors (Lipinski definition) is 6. The third kappa shape index (κ3) is 2.30. The molecule has 0 aromatic carbocycles. The molecular formula is C12H15N3O3. The van der Waals surface area contributed by atoms with Crippen molar-refractivity contribution in [3.63, 3.8) is 0 Å². The van der Waals surface area contributed by atoms with E-state index in [1.54, 1.807) is 18.4 Å². The average molecular weight is 249 g/mol. The Balaban J connectivity index is 1.70. The first-order valence-electron chi connectivity index (χ1n) is 6.01. The van der Waals surface area contributed by atoms with Crippen LogP contribution in [0.2, 0.25) is 0 Å². The van der Waals surface area contributed by atoms with Gasteiger partial charge in [-0.25, -0.2) is 0 Å². The minimum atomic E-state index is 0.373. The molecule has 0 aliphatic carbocycles. The summed E-state index contributed by atoms with van der Waals surface area (Å²) in [5.74, 6) is 1.63. The summed E-state index contributed by atoms with van der Waals surface area (Å²) in [5, 5.41) is 8.02. The van der Waals surface area contributed by atoms with Crippen LogP contribution in [0.5, 0.6) is 0 Å². The highest BCUT2D eigenvalue weighted by Gasteiger charge is 2.21. The lowest BCUT2D eigenvalue weighted by atomic mass is 10.2. The van der Waals surface area contributed by atoms with Crippen LogP contribution in [0.4, 0.5) is 0 Å². The Morgan fingerprint density at radius 3 is 3.17 bits per heavy atom. The van der Waals surface area contributed by atoms with Crippen molar-refractivity contribution in [3.8, 4) is 11.7 Å². The fraction of sp³-hybridized carbons (Fsp3) is 0.500. The van der Waals surface area contributed by atoms with Crippen LogP contribution < -0.4 is 0 Å². The van der Waals surface area contributed by atoms with Gasteiger partial charge in [-0.05, 0) is 19.1 Å². The van der Waals surface area contributed by atoms with Gasteiger partial charge >= 0.3 is 0 Å². The van der Waals surface area contributed by atoms with Crippen molar-refractivity contribution in [1.29, 1.82) is 0 Å². The minimum Gasteiger partial charge on any atom is -0.459 e. The third-order valence-corrected chi connectivity index (χ3v) is 3.04. The van der Waals surface area contributed by atoms with Crippen molar-refractivity contribution in [3.05, 3.63) is 24.3 Å². The second-order valence-corrected chi connectivity index (χ2v) is 4.37. The normalized spacial score (nSPS) is 21.3. The minimum absolute atomic E-state index is 0.373. The largest absolute Gasteiger partial charge is 0.459 e. The molecule has 3 rings (SSSR count). The molecule has 6 heteroatoms. The van der Waals surface area contributed by atoms with Crippen LogP contribution in [0.25, 0.3) is 11.7 Å². The maximum Gasteiger partial charge on any atom is 0.283 e. The highest BCUT2D eigenvalue weighted by atomic mass is 16.5. The monoisotopic (exact) mass is 249 g/mol. The summed E-state index contributed by atoms with van der Waals surface area (Å²) < 4.78 is 16.2. The molecule has 0 bridgehead atoms. The predicted octanol–water partition coefficient (Wildman–Crippen LogP) is 1.55. The van der Waals surface area contributed by atoms with Gasteiger partial charge in [-0.15, -0.1) is 10.2 Å². The van der Waals surface area contributed by atoms with E-state index in [0.29, 0.717) is 30.1 Å². The van der Waals surface area contributed by atoms with E-state index in [-0.39, 0.29) is 0 Å². The van der Waals surface area contributed by atoms with Gasteiger partial charge in [0.2, 0.25) is 5.89 Å². The molecule has 3 heterocycles. The molecule has 6 nitrogen and oxygen atoms in total. The Morgan fingerprint density at radius 2 is 2.39 bits per heavy atom. The van der Waals surface area contributed by atoms with Gasteiger partial charge < -0.3 is 13.6 Å². The molecule has 1 saturated heterocycles. The van der Waals surface area contributed by atoms with Crippen molar-refractivity contribution in [2.75, 3.05) is 19.8 Å². The SMILES string of the molecule is C[C@@H]1COCCN1Cc1nnc(-c2ccco2)o1. The molecule has 0 radical (unpaired) electrons. The number of morpholine rings is 1. The van der Waals surface area contributed by atoms with Gasteiger partial charge in [0.15, 0.2) is 5.76 Å². The maximum atomic E-state index is 5.58. The van der Waals surface area contributed by atoms with Crippen LogP contribution in [0, 0.1) is 0 Å². The maximum absolute atomic E-state index is 5.58. The molecule has 0 unspecified atom stereocenters. The van der Waals surface area contributed by atoms with E-state index < -0.39 is 0 Å². The standard InChI is InChI=1S/C12H15N3O3/c1-9-8-16-6-4-15(9)7-11-13-14-12(18-11)10-3-2-5-17-10/h2-3,5,9H,4,6-8H2,1H3/t9-/m1/s1. The second kappa shape index (κ2) is 4.91. The second-order valence-electron chi connectivity index (χ2n) is 4.37. The first kappa shape index (κ1) is 11.4. The zero-order valence-electron chi connectivity index (χ0n) is 10.2. The number of aromatic nitrogens is 2. The summed E-state index contributed by atoms with van der Waals surface area (Å²) in [7, 11) is 0. The van der Waals surface area contributed by atoms with Gasteiger partial charge in [-0.3, -0.25) is 4.90 Å². The summed E-state index contributed by atoms with van der Waals surface area (Å²) in [6.07, 6.45) is 1.59. The highest BCUT2D eigenvalue weighted by Crippen LogP contribution is 2.19. The smallest absolute Gasteiger partial charge is 0.283 e. The summed E-state index contributed by atoms with van der Waals surface area (Å²) in [4.78, 5) is 2.27. The van der Waals surface area contributed by atoms with Crippen molar-refractivity contribution in [2.24, 2.45) is 0 Å². The fourth-order valence-corrected chi connectivity index (χ4v) is 1.99. The number of rotatable bonds is 3. The molecule has 2 aromatic rings. The lowest BCUT2D eigenvalue weighted by Gasteiger charge is -2.31. The summed E-state index contributed by atoms with van der Waals surface area (Å²) in [6.45, 7) is 5.17. The number of nitrogens with zero attached hydrogens (tertiary/aromatic N) is 3. The van der Waals surface area contributed by atoms with E-state index in [1.165, 1.54) is 0 Å². The van der Waals surface area contributed by atoms with Crippen LogP contribution in [0.1, 0.15) is 12.8 Å². The van der Waals surface area contributed by atoms with Gasteiger partial charge in [-0.1, -0.05) is 0 Å². The summed E-state index contributed by atoms with van der Waals surface area (Å²) >= 11 is 0. The predicted molar refractivity (Wildman–Crippen MR) is 62.7 cm³/mol. The third-order valence-electron chi connectivity index (χ3n) is 3.04. The first-order valence-corrected chi connectivity index (χ1v) is 6.01. The summed E-state index contributed by atoms with van der Waals surface area (Å²) in [6, 6.07) is 3.97. The molecule has 96 valence electrons. The van der Waals surface area contributed by atoms with Crippen LogP contribution in [0.15, 0.2) is 27.2 Å². The zero-order chi connectivity index (χ0) is 12.4. The van der Waals surface area contributed by atoms with Crippen molar-refractivity contribution < 1.29 is 13.6 Å². The Hall–Kier alpha value is -1.66. The van der Waals surface area contributed by atoms with Crippen LogP contribution in [-0.2, 0) is 11.3 Å². The molecule has 1 aliphatic rings. The van der Waals surface area contributed by atoms with Crippen molar-refractivity contribution >= 4 is 0 Å². The average Bonchev–Trinajstić information content (AvgIpc) is 3.02. The number of hydrogen-bond donors (Lipinski definition) is 0. The first-order chi connectivity index (χ1) is 8.83. The van der Waals surface area contributed by atoms with Gasteiger partial charge in [0.1, 0.15) is 0 Å². The Labute approximate surface area is 105 Å². The molecule has 1 aliphatic heterocycles. The molecule has 18 heavy (non-hydrogen) atoms. The lowest BCUT2D eigenvalue weighted by Crippen LogP contribution is -2.42. The number of furan rings is 1. The van der Waals surface area contributed by atoms with Gasteiger partial charge in [0.25, 0.3) is 5.89 Å². The molecule has 0 amide bonds. The van der Waals surface area contributed by atoms with Crippen molar-refractivity contribution in [1.82, 2.24) is 15.1 Å². The van der Waals surface area contributed by atoms with Crippen LogP contribution in [0.3, 0.4) is 0 Å². The lowest BCUT2D eigenvalue weighted by molar-refractivity contribution is -0.00779. The molecule has 0 spiro atoms. The molecule has 0 N–H and O–H groups in total. The Morgan fingerprint density at radius 1 is 1.44 bits per heavy atom. The van der Waals surface area contributed by atoms with E-state index in [1.807, 2.05) is 0 Å². The fourth-order valence-electron chi connectivity index (χ4n) is 1.99. The van der Waals surface area contributed by atoms with Crippen LogP contribution in [-0.4, -0.2) is 40.9 Å². The van der Waals surface area contributed by atoms with Gasteiger partial charge in [0, 0.05) is 12.6 Å². The molecule has 0 saturated carbocycles. The quantitative estimate of drug-likeness (QED) is 0.822. The molecule has 2 aromatic heterocycles. The zero-order valence-corrected chi connectivity index (χ0v) is 10.2. The Kier molecular flexibility index (Phi) is 3.12. The van der Waals surface area contributed by atoms with Crippen molar-refractivity contribution in [2.45, 2.75) is 19.5 Å². The van der Waals surface area contributed by atoms with E-state index in [2.05, 4.69) is 22.0 Å². The van der Waals surface area contributed by atoms with Crippen LogP contribution >= 0.6 is 0 Å². The van der Waals surface area contributed by atoms with E-state index in [0.717, 1.165) is 19.8 Å². The van der Waals surface area contributed by atoms with E-state index in [4.69, 9.17) is 13.6 Å². The highest BCUT2D eigenvalue weighted by molar-refractivity contribution is 5.42. The van der Waals surface area contributed by atoms with Gasteiger partial charge in [0.05, 0.1) is 26.0 Å². The summed E-state index contributed by atoms with van der Waals surface area (Å²) in [5.41, 5.74) is 0. The topological polar surface area (TPSA) is 64.5 Å². The molecule has 1 fully saturated rings. The Bertz CT molecular complexity index is 494. The van der Waals surface area contributed by atoms with Gasteiger partial charge in [-0.2, -0.15) is 0 Å². The van der Waals surface area contributed by atoms with E-state index >= 15 is 0 Å².